The Morgan fingerprint density at radius 2 is 1.78 bits per heavy atom. The summed E-state index contributed by atoms with van der Waals surface area (Å²) in [5.41, 5.74) is 5.44. The van der Waals surface area contributed by atoms with Gasteiger partial charge in [-0.3, -0.25) is 4.79 Å². The number of amides is 1. The van der Waals surface area contributed by atoms with E-state index in [1.807, 2.05) is 0 Å². The Kier molecular flexibility index (Phi) is 7.13. The van der Waals surface area contributed by atoms with E-state index in [1.54, 1.807) is 43.3 Å². The van der Waals surface area contributed by atoms with Crippen molar-refractivity contribution < 1.29 is 22.4 Å². The van der Waals surface area contributed by atoms with E-state index in [1.165, 1.54) is 12.1 Å². The highest BCUT2D eigenvalue weighted by molar-refractivity contribution is 6.32. The summed E-state index contributed by atoms with van der Waals surface area (Å²) in [6.45, 7) is 1.74. The van der Waals surface area contributed by atoms with Gasteiger partial charge >= 0.3 is 11.8 Å². The molecule has 0 saturated carbocycles. The van der Waals surface area contributed by atoms with Crippen LogP contribution in [-0.4, -0.2) is 5.91 Å². The summed E-state index contributed by atoms with van der Waals surface area (Å²) in [6, 6.07) is 14.5. The molecule has 0 bridgehead atoms. The van der Waals surface area contributed by atoms with Crippen LogP contribution in [0, 0.1) is 0 Å². The predicted octanol–water partition coefficient (Wildman–Crippen LogP) is 6.99. The van der Waals surface area contributed by atoms with E-state index in [9.17, 15) is 22.8 Å². The summed E-state index contributed by atoms with van der Waals surface area (Å²) in [5.74, 6) is -0.840. The summed E-state index contributed by atoms with van der Waals surface area (Å²) < 4.78 is 45.9. The molecule has 4 aromatic rings. The molecule has 10 heteroatoms. The van der Waals surface area contributed by atoms with E-state index in [0.717, 1.165) is 12.1 Å². The van der Waals surface area contributed by atoms with Gasteiger partial charge in [0, 0.05) is 33.1 Å². The number of anilines is 1. The van der Waals surface area contributed by atoms with Gasteiger partial charge in [0.15, 0.2) is 0 Å². The first-order valence-corrected chi connectivity index (χ1v) is 11.5. The molecule has 1 aromatic heterocycles. The third-order valence-corrected chi connectivity index (χ3v) is 6.13. The Balaban J connectivity index is 1.85. The Labute approximate surface area is 213 Å². The molecule has 1 heterocycles. The van der Waals surface area contributed by atoms with Crippen LogP contribution in [0.25, 0.3) is 22.1 Å². The summed E-state index contributed by atoms with van der Waals surface area (Å²) >= 11 is 12.0. The smallest absolute Gasteiger partial charge is 0.418 e. The molecule has 0 fully saturated rings. The lowest BCUT2D eigenvalue weighted by atomic mass is 9.93. The van der Waals surface area contributed by atoms with Crippen LogP contribution in [-0.2, 0) is 17.4 Å². The van der Waals surface area contributed by atoms with Crippen LogP contribution in [0.1, 0.15) is 29.7 Å². The summed E-state index contributed by atoms with van der Waals surface area (Å²) in [7, 11) is 0. The predicted molar refractivity (Wildman–Crippen MR) is 134 cm³/mol. The number of hydrogen-bond acceptors (Lipinski definition) is 4. The average molecular weight is 535 g/mol. The van der Waals surface area contributed by atoms with Gasteiger partial charge < -0.3 is 15.5 Å². The maximum Gasteiger partial charge on any atom is 0.418 e. The standard InChI is InChI=1S/C26H19Cl2F3N2O3/c1-13(32)16-10-17-22(12-20(16)28)36-25(35)18(24(17)14-5-3-2-4-6-14)11-23(34)33-21-8-7-15(27)9-19(21)26(29,30)31/h2-10,12-13H,11,32H2,1H3,(H,33,34). The second-order valence-corrected chi connectivity index (χ2v) is 9.02. The van der Waals surface area contributed by atoms with E-state index in [0.29, 0.717) is 27.1 Å². The van der Waals surface area contributed by atoms with Crippen LogP contribution in [0.2, 0.25) is 10.0 Å². The lowest BCUT2D eigenvalue weighted by Crippen LogP contribution is -2.22. The number of nitrogens with two attached hydrogens (primary N) is 1. The maximum atomic E-state index is 13.5. The van der Waals surface area contributed by atoms with Crippen molar-refractivity contribution >= 4 is 45.8 Å². The van der Waals surface area contributed by atoms with Gasteiger partial charge in [0.1, 0.15) is 5.58 Å². The van der Waals surface area contributed by atoms with Crippen LogP contribution in [0.4, 0.5) is 18.9 Å². The number of hydrogen-bond donors (Lipinski definition) is 2. The molecule has 3 N–H and O–H groups in total. The molecule has 186 valence electrons. The van der Waals surface area contributed by atoms with Crippen molar-refractivity contribution in [3.05, 3.63) is 97.8 Å². The number of carbonyl (C=O) groups is 1. The van der Waals surface area contributed by atoms with E-state index in [2.05, 4.69) is 5.32 Å². The average Bonchev–Trinajstić information content (AvgIpc) is 2.80. The van der Waals surface area contributed by atoms with Gasteiger partial charge in [0.05, 0.1) is 23.2 Å². The molecule has 36 heavy (non-hydrogen) atoms. The van der Waals surface area contributed by atoms with Crippen LogP contribution in [0.5, 0.6) is 0 Å². The summed E-state index contributed by atoms with van der Waals surface area (Å²) in [4.78, 5) is 25.9. The van der Waals surface area contributed by atoms with Gasteiger partial charge in [-0.15, -0.1) is 0 Å². The molecule has 5 nitrogen and oxygen atoms in total. The Hall–Kier alpha value is -3.33. The Morgan fingerprint density at radius 3 is 2.42 bits per heavy atom. The fourth-order valence-electron chi connectivity index (χ4n) is 3.94. The number of halogens is 5. The number of rotatable bonds is 5. The summed E-state index contributed by atoms with van der Waals surface area (Å²) in [5, 5.41) is 2.91. The van der Waals surface area contributed by atoms with Crippen molar-refractivity contribution in [2.75, 3.05) is 5.32 Å². The first kappa shape index (κ1) is 25.8. The number of carbonyl (C=O) groups excluding carboxylic acids is 1. The highest BCUT2D eigenvalue weighted by Crippen LogP contribution is 2.38. The SMILES string of the molecule is CC(N)c1cc2c(-c3ccccc3)c(CC(=O)Nc3ccc(Cl)cc3C(F)(F)F)c(=O)oc2cc1Cl. The highest BCUT2D eigenvalue weighted by Gasteiger charge is 2.34. The van der Waals surface area contributed by atoms with Crippen LogP contribution in [0.15, 0.2) is 69.9 Å². The van der Waals surface area contributed by atoms with E-state index < -0.39 is 41.4 Å². The largest absolute Gasteiger partial charge is 0.422 e. The van der Waals surface area contributed by atoms with E-state index in [4.69, 9.17) is 33.4 Å². The zero-order valence-corrected chi connectivity index (χ0v) is 20.3. The lowest BCUT2D eigenvalue weighted by Gasteiger charge is -2.16. The van der Waals surface area contributed by atoms with Gasteiger partial charge in [0.25, 0.3) is 0 Å². The second kappa shape index (κ2) is 9.97. The van der Waals surface area contributed by atoms with E-state index >= 15 is 0 Å². The molecular weight excluding hydrogens is 516 g/mol. The van der Waals surface area contributed by atoms with Crippen molar-refractivity contribution in [2.24, 2.45) is 5.73 Å². The second-order valence-electron chi connectivity index (χ2n) is 8.18. The number of benzene rings is 3. The van der Waals surface area contributed by atoms with Crippen molar-refractivity contribution in [3.63, 3.8) is 0 Å². The van der Waals surface area contributed by atoms with Crippen LogP contribution in [0.3, 0.4) is 0 Å². The summed E-state index contributed by atoms with van der Waals surface area (Å²) in [6.07, 6.45) is -5.29. The monoisotopic (exact) mass is 534 g/mol. The molecular formula is C26H19Cl2F3N2O3. The molecule has 4 rings (SSSR count). The number of alkyl halides is 3. The maximum absolute atomic E-state index is 13.5. The van der Waals surface area contributed by atoms with Crippen molar-refractivity contribution in [3.8, 4) is 11.1 Å². The Morgan fingerprint density at radius 1 is 1.08 bits per heavy atom. The molecule has 1 atom stereocenters. The molecule has 3 aromatic carbocycles. The minimum absolute atomic E-state index is 0.0216. The first-order valence-electron chi connectivity index (χ1n) is 10.7. The lowest BCUT2D eigenvalue weighted by molar-refractivity contribution is -0.137. The zero-order valence-electron chi connectivity index (χ0n) is 18.7. The topological polar surface area (TPSA) is 85.3 Å². The van der Waals surface area contributed by atoms with Gasteiger partial charge in [-0.1, -0.05) is 53.5 Å². The minimum Gasteiger partial charge on any atom is -0.422 e. The first-order chi connectivity index (χ1) is 17.0. The molecule has 0 aliphatic heterocycles. The molecule has 0 aliphatic carbocycles. The molecule has 0 aliphatic rings. The van der Waals surface area contributed by atoms with Gasteiger partial charge in [-0.05, 0) is 42.3 Å². The molecule has 0 radical (unpaired) electrons. The fraction of sp³-hybridized carbons (Fsp3) is 0.154. The molecule has 0 saturated heterocycles. The quantitative estimate of drug-likeness (QED) is 0.270. The third kappa shape index (κ3) is 5.26. The van der Waals surface area contributed by atoms with Crippen molar-refractivity contribution in [1.82, 2.24) is 0 Å². The molecule has 1 unspecified atom stereocenters. The fourth-order valence-corrected chi connectivity index (χ4v) is 4.43. The van der Waals surface area contributed by atoms with Crippen molar-refractivity contribution in [1.29, 1.82) is 0 Å². The van der Waals surface area contributed by atoms with Crippen molar-refractivity contribution in [2.45, 2.75) is 25.6 Å². The van der Waals surface area contributed by atoms with Crippen LogP contribution < -0.4 is 16.7 Å². The van der Waals surface area contributed by atoms with E-state index in [-0.39, 0.29) is 16.2 Å². The molecule has 0 spiro atoms. The number of nitrogens with one attached hydrogen (secondary N) is 1. The highest BCUT2D eigenvalue weighted by atomic mass is 35.5. The molecule has 1 amide bonds. The minimum atomic E-state index is -4.75. The normalized spacial score (nSPS) is 12.5. The van der Waals surface area contributed by atoms with Gasteiger partial charge in [-0.25, -0.2) is 4.79 Å². The van der Waals surface area contributed by atoms with Crippen LogP contribution >= 0.6 is 23.2 Å². The Bertz CT molecular complexity index is 1520. The zero-order chi connectivity index (χ0) is 26.2. The number of fused-ring (bicyclic) bond motifs is 1. The van der Waals surface area contributed by atoms with Gasteiger partial charge in [0.2, 0.25) is 5.91 Å². The third-order valence-electron chi connectivity index (χ3n) is 5.57. The van der Waals surface area contributed by atoms with Gasteiger partial charge in [-0.2, -0.15) is 13.2 Å².